The highest BCUT2D eigenvalue weighted by atomic mass is 16.4. The standard InChI is InChI=1S/C18H21N3O3/c1-18(2,3)17(24)21(11-13-7-4-5-10-19-13)12-14-8-6-9-15(20-14)16(22)23/h4-10H,11-12H2,1-3H3,(H,22,23). The minimum absolute atomic E-state index is 0.0338. The summed E-state index contributed by atoms with van der Waals surface area (Å²) in [4.78, 5) is 33.8. The molecule has 24 heavy (non-hydrogen) atoms. The Hall–Kier alpha value is -2.76. The van der Waals surface area contributed by atoms with Gasteiger partial charge in [-0.15, -0.1) is 0 Å². The summed E-state index contributed by atoms with van der Waals surface area (Å²) in [5, 5.41) is 9.06. The number of aromatic nitrogens is 2. The summed E-state index contributed by atoms with van der Waals surface area (Å²) in [6, 6.07) is 10.3. The lowest BCUT2D eigenvalue weighted by Crippen LogP contribution is -2.39. The van der Waals surface area contributed by atoms with Gasteiger partial charge in [-0.05, 0) is 24.3 Å². The summed E-state index contributed by atoms with van der Waals surface area (Å²) in [6.07, 6.45) is 1.68. The molecule has 0 atom stereocenters. The van der Waals surface area contributed by atoms with Crippen molar-refractivity contribution in [2.75, 3.05) is 0 Å². The van der Waals surface area contributed by atoms with E-state index in [-0.39, 0.29) is 18.1 Å². The maximum Gasteiger partial charge on any atom is 0.354 e. The van der Waals surface area contributed by atoms with Crippen LogP contribution in [0.2, 0.25) is 0 Å². The van der Waals surface area contributed by atoms with Crippen LogP contribution in [0.3, 0.4) is 0 Å². The van der Waals surface area contributed by atoms with Gasteiger partial charge in [0.25, 0.3) is 0 Å². The molecule has 0 spiro atoms. The van der Waals surface area contributed by atoms with Gasteiger partial charge in [0.1, 0.15) is 5.69 Å². The molecular weight excluding hydrogens is 306 g/mol. The van der Waals surface area contributed by atoms with E-state index in [4.69, 9.17) is 5.11 Å². The lowest BCUT2D eigenvalue weighted by molar-refractivity contribution is -0.140. The quantitative estimate of drug-likeness (QED) is 0.913. The molecule has 0 unspecified atom stereocenters. The number of hydrogen-bond acceptors (Lipinski definition) is 4. The van der Waals surface area contributed by atoms with Crippen molar-refractivity contribution in [3.8, 4) is 0 Å². The second-order valence-corrected chi connectivity index (χ2v) is 6.55. The SMILES string of the molecule is CC(C)(C)C(=O)N(Cc1ccccn1)Cc1cccc(C(=O)O)n1. The second-order valence-electron chi connectivity index (χ2n) is 6.55. The van der Waals surface area contributed by atoms with Crippen molar-refractivity contribution in [2.45, 2.75) is 33.9 Å². The van der Waals surface area contributed by atoms with Crippen molar-refractivity contribution < 1.29 is 14.7 Å². The topological polar surface area (TPSA) is 83.4 Å². The molecule has 0 saturated heterocycles. The number of nitrogens with zero attached hydrogens (tertiary/aromatic N) is 3. The van der Waals surface area contributed by atoms with Gasteiger partial charge in [0, 0.05) is 11.6 Å². The van der Waals surface area contributed by atoms with Gasteiger partial charge in [0.15, 0.2) is 0 Å². The first-order valence-corrected chi connectivity index (χ1v) is 7.66. The molecular formula is C18H21N3O3. The van der Waals surface area contributed by atoms with E-state index in [1.807, 2.05) is 39.0 Å². The van der Waals surface area contributed by atoms with Crippen molar-refractivity contribution in [3.63, 3.8) is 0 Å². The highest BCUT2D eigenvalue weighted by molar-refractivity contribution is 5.85. The summed E-state index contributed by atoms with van der Waals surface area (Å²) in [5.41, 5.74) is 0.709. The molecule has 2 heterocycles. The van der Waals surface area contributed by atoms with Gasteiger partial charge in [-0.3, -0.25) is 9.78 Å². The number of hydrogen-bond donors (Lipinski definition) is 1. The first-order chi connectivity index (χ1) is 11.3. The van der Waals surface area contributed by atoms with Crippen LogP contribution in [0.4, 0.5) is 0 Å². The van der Waals surface area contributed by atoms with E-state index >= 15 is 0 Å². The highest BCUT2D eigenvalue weighted by Crippen LogP contribution is 2.20. The Balaban J connectivity index is 2.27. The summed E-state index contributed by atoms with van der Waals surface area (Å²) in [5.74, 6) is -1.13. The van der Waals surface area contributed by atoms with Crippen molar-refractivity contribution in [3.05, 3.63) is 59.7 Å². The molecule has 0 saturated carbocycles. The van der Waals surface area contributed by atoms with E-state index in [2.05, 4.69) is 9.97 Å². The zero-order valence-corrected chi connectivity index (χ0v) is 14.1. The van der Waals surface area contributed by atoms with E-state index in [1.165, 1.54) is 6.07 Å². The van der Waals surface area contributed by atoms with Crippen LogP contribution in [0.1, 0.15) is 42.6 Å². The molecule has 0 aliphatic carbocycles. The predicted molar refractivity (Wildman–Crippen MR) is 89.1 cm³/mol. The van der Waals surface area contributed by atoms with Crippen LogP contribution in [0.15, 0.2) is 42.6 Å². The van der Waals surface area contributed by atoms with Crippen LogP contribution >= 0.6 is 0 Å². The zero-order chi connectivity index (χ0) is 17.7. The normalized spacial score (nSPS) is 11.1. The summed E-state index contributed by atoms with van der Waals surface area (Å²) < 4.78 is 0. The van der Waals surface area contributed by atoms with E-state index in [0.717, 1.165) is 5.69 Å². The van der Waals surface area contributed by atoms with E-state index in [9.17, 15) is 9.59 Å². The second kappa shape index (κ2) is 7.21. The number of aromatic carboxylic acids is 1. The fraction of sp³-hybridized carbons (Fsp3) is 0.333. The first-order valence-electron chi connectivity index (χ1n) is 7.66. The lowest BCUT2D eigenvalue weighted by atomic mass is 9.94. The molecule has 2 rings (SSSR count). The molecule has 6 nitrogen and oxygen atoms in total. The third-order valence-electron chi connectivity index (χ3n) is 3.39. The zero-order valence-electron chi connectivity index (χ0n) is 14.1. The summed E-state index contributed by atoms with van der Waals surface area (Å²) in [6.45, 7) is 6.12. The molecule has 0 bridgehead atoms. The molecule has 0 aliphatic rings. The third-order valence-corrected chi connectivity index (χ3v) is 3.39. The molecule has 0 aromatic carbocycles. The Morgan fingerprint density at radius 3 is 2.29 bits per heavy atom. The molecule has 2 aromatic heterocycles. The number of rotatable bonds is 5. The Labute approximate surface area is 141 Å². The van der Waals surface area contributed by atoms with Crippen molar-refractivity contribution >= 4 is 11.9 Å². The van der Waals surface area contributed by atoms with E-state index < -0.39 is 11.4 Å². The van der Waals surface area contributed by atoms with Crippen molar-refractivity contribution in [1.29, 1.82) is 0 Å². The third kappa shape index (κ3) is 4.62. The van der Waals surface area contributed by atoms with Crippen LogP contribution in [-0.2, 0) is 17.9 Å². The Morgan fingerprint density at radius 2 is 1.71 bits per heavy atom. The van der Waals surface area contributed by atoms with Gasteiger partial charge in [-0.2, -0.15) is 0 Å². The molecule has 0 aliphatic heterocycles. The van der Waals surface area contributed by atoms with Crippen LogP contribution < -0.4 is 0 Å². The average Bonchev–Trinajstić information content (AvgIpc) is 2.54. The van der Waals surface area contributed by atoms with Crippen LogP contribution in [0.5, 0.6) is 0 Å². The number of carbonyl (C=O) groups is 2. The minimum Gasteiger partial charge on any atom is -0.477 e. The maximum absolute atomic E-state index is 12.7. The largest absolute Gasteiger partial charge is 0.477 e. The van der Waals surface area contributed by atoms with Crippen LogP contribution in [0, 0.1) is 5.41 Å². The molecule has 6 heteroatoms. The van der Waals surface area contributed by atoms with Gasteiger partial charge >= 0.3 is 5.97 Å². The summed E-state index contributed by atoms with van der Waals surface area (Å²) in [7, 11) is 0. The summed E-state index contributed by atoms with van der Waals surface area (Å²) >= 11 is 0. The Kier molecular flexibility index (Phi) is 5.28. The Morgan fingerprint density at radius 1 is 1.04 bits per heavy atom. The predicted octanol–water partition coefficient (Wildman–Crippen LogP) is 2.75. The molecule has 1 amide bonds. The van der Waals surface area contributed by atoms with Gasteiger partial charge in [-0.25, -0.2) is 9.78 Å². The number of carboxylic acids is 1. The van der Waals surface area contributed by atoms with Crippen LogP contribution in [0.25, 0.3) is 0 Å². The van der Waals surface area contributed by atoms with E-state index in [1.54, 1.807) is 23.2 Å². The van der Waals surface area contributed by atoms with Gasteiger partial charge in [-0.1, -0.05) is 32.9 Å². The van der Waals surface area contributed by atoms with Crippen molar-refractivity contribution in [1.82, 2.24) is 14.9 Å². The smallest absolute Gasteiger partial charge is 0.354 e. The molecule has 126 valence electrons. The first kappa shape index (κ1) is 17.6. The highest BCUT2D eigenvalue weighted by Gasteiger charge is 2.28. The van der Waals surface area contributed by atoms with Gasteiger partial charge in [0.2, 0.25) is 5.91 Å². The molecule has 2 aromatic rings. The molecule has 0 radical (unpaired) electrons. The number of carboxylic acid groups (broad SMARTS) is 1. The average molecular weight is 327 g/mol. The Bertz CT molecular complexity index is 724. The monoisotopic (exact) mass is 327 g/mol. The number of carbonyl (C=O) groups excluding carboxylic acids is 1. The fourth-order valence-electron chi connectivity index (χ4n) is 2.24. The molecule has 1 N–H and O–H groups in total. The number of amides is 1. The van der Waals surface area contributed by atoms with Gasteiger partial charge < -0.3 is 10.0 Å². The minimum atomic E-state index is -1.09. The molecule has 0 fully saturated rings. The van der Waals surface area contributed by atoms with E-state index in [0.29, 0.717) is 12.2 Å². The number of pyridine rings is 2. The van der Waals surface area contributed by atoms with Gasteiger partial charge in [0.05, 0.1) is 24.5 Å². The van der Waals surface area contributed by atoms with Crippen molar-refractivity contribution in [2.24, 2.45) is 5.41 Å². The fourth-order valence-corrected chi connectivity index (χ4v) is 2.24. The maximum atomic E-state index is 12.7. The lowest BCUT2D eigenvalue weighted by Gasteiger charge is -2.29. The van der Waals surface area contributed by atoms with Crippen LogP contribution in [-0.4, -0.2) is 31.9 Å².